The van der Waals surface area contributed by atoms with E-state index in [1.807, 2.05) is 0 Å². The van der Waals surface area contributed by atoms with Crippen LogP contribution in [0.5, 0.6) is 5.75 Å². The van der Waals surface area contributed by atoms with Crippen LogP contribution in [0.4, 0.5) is 0 Å². The standard InChI is InChI=1S/C22H22O/c1-15(2)10-11-17-7-5-8-18-14-20-19-9-4-3-6-16(19)12-13-21(20)23-22(17)18/h3-10,14,21H,11-13H2,1-2H3. The van der Waals surface area contributed by atoms with Gasteiger partial charge in [0.15, 0.2) is 0 Å². The van der Waals surface area contributed by atoms with Gasteiger partial charge in [0.1, 0.15) is 11.9 Å². The van der Waals surface area contributed by atoms with Crippen LogP contribution in [-0.4, -0.2) is 6.10 Å². The van der Waals surface area contributed by atoms with Crippen molar-refractivity contribution in [3.8, 4) is 5.75 Å². The van der Waals surface area contributed by atoms with Gasteiger partial charge in [-0.05, 0) is 55.9 Å². The first-order valence-electron chi connectivity index (χ1n) is 8.44. The second kappa shape index (κ2) is 5.73. The van der Waals surface area contributed by atoms with Crippen LogP contribution in [-0.2, 0) is 12.8 Å². The Hall–Kier alpha value is -2.28. The maximum atomic E-state index is 6.46. The van der Waals surface area contributed by atoms with E-state index in [1.165, 1.54) is 33.4 Å². The highest BCUT2D eigenvalue weighted by Gasteiger charge is 2.29. The van der Waals surface area contributed by atoms with Crippen molar-refractivity contribution in [3.63, 3.8) is 0 Å². The van der Waals surface area contributed by atoms with Gasteiger partial charge in [-0.15, -0.1) is 0 Å². The third kappa shape index (κ3) is 2.61. The van der Waals surface area contributed by atoms with Crippen molar-refractivity contribution < 1.29 is 4.74 Å². The third-order valence-corrected chi connectivity index (χ3v) is 4.78. The first-order chi connectivity index (χ1) is 11.2. The summed E-state index contributed by atoms with van der Waals surface area (Å²) in [4.78, 5) is 0. The van der Waals surface area contributed by atoms with Gasteiger partial charge in [0.05, 0.1) is 0 Å². The maximum absolute atomic E-state index is 6.46. The Morgan fingerprint density at radius 3 is 2.87 bits per heavy atom. The number of benzene rings is 2. The number of para-hydroxylation sites is 1. The van der Waals surface area contributed by atoms with Crippen LogP contribution in [0.3, 0.4) is 0 Å². The van der Waals surface area contributed by atoms with Gasteiger partial charge >= 0.3 is 0 Å². The largest absolute Gasteiger partial charge is 0.485 e. The molecule has 2 aliphatic rings. The van der Waals surface area contributed by atoms with Crippen molar-refractivity contribution in [3.05, 3.63) is 76.4 Å². The van der Waals surface area contributed by atoms with Gasteiger partial charge in [-0.25, -0.2) is 0 Å². The molecular formula is C22H22O. The zero-order chi connectivity index (χ0) is 15.8. The molecule has 116 valence electrons. The normalized spacial score (nSPS) is 18.0. The van der Waals surface area contributed by atoms with E-state index in [2.05, 4.69) is 68.5 Å². The molecule has 0 saturated heterocycles. The van der Waals surface area contributed by atoms with E-state index in [9.17, 15) is 0 Å². The molecule has 0 aromatic heterocycles. The predicted octanol–water partition coefficient (Wildman–Crippen LogP) is 5.44. The Morgan fingerprint density at radius 1 is 1.13 bits per heavy atom. The summed E-state index contributed by atoms with van der Waals surface area (Å²) in [5.41, 5.74) is 8.01. The van der Waals surface area contributed by atoms with Crippen molar-refractivity contribution in [2.45, 2.75) is 39.2 Å². The minimum absolute atomic E-state index is 0.199. The molecular weight excluding hydrogens is 280 g/mol. The zero-order valence-corrected chi connectivity index (χ0v) is 13.8. The third-order valence-electron chi connectivity index (χ3n) is 4.78. The topological polar surface area (TPSA) is 9.23 Å². The van der Waals surface area contributed by atoms with Crippen LogP contribution >= 0.6 is 0 Å². The van der Waals surface area contributed by atoms with E-state index < -0.39 is 0 Å². The molecule has 0 amide bonds. The molecule has 1 aliphatic heterocycles. The summed E-state index contributed by atoms with van der Waals surface area (Å²) in [6, 6.07) is 15.2. The highest BCUT2D eigenvalue weighted by Crippen LogP contribution is 2.41. The van der Waals surface area contributed by atoms with Crippen molar-refractivity contribution in [1.29, 1.82) is 0 Å². The van der Waals surface area contributed by atoms with Crippen LogP contribution in [0, 0.1) is 0 Å². The molecule has 0 bridgehead atoms. The molecule has 1 nitrogen and oxygen atoms in total. The summed E-state index contributed by atoms with van der Waals surface area (Å²) in [5.74, 6) is 1.08. The quantitative estimate of drug-likeness (QED) is 0.671. The fraction of sp³-hybridized carbons (Fsp3) is 0.273. The zero-order valence-electron chi connectivity index (χ0n) is 13.8. The van der Waals surface area contributed by atoms with Crippen LogP contribution in [0.15, 0.2) is 54.1 Å². The van der Waals surface area contributed by atoms with Gasteiger partial charge in [-0.2, -0.15) is 0 Å². The molecule has 0 radical (unpaired) electrons. The highest BCUT2D eigenvalue weighted by atomic mass is 16.5. The Kier molecular flexibility index (Phi) is 3.57. The first-order valence-corrected chi connectivity index (χ1v) is 8.44. The summed E-state index contributed by atoms with van der Waals surface area (Å²) in [6.45, 7) is 4.29. The Labute approximate surface area is 138 Å². The number of rotatable bonds is 2. The molecule has 23 heavy (non-hydrogen) atoms. The number of hydrogen-bond donors (Lipinski definition) is 0. The number of fused-ring (bicyclic) bond motifs is 4. The van der Waals surface area contributed by atoms with Crippen LogP contribution in [0.2, 0.25) is 0 Å². The van der Waals surface area contributed by atoms with Crippen LogP contribution in [0.1, 0.15) is 42.5 Å². The average Bonchev–Trinajstić information content (AvgIpc) is 2.58. The first kappa shape index (κ1) is 14.3. The number of ether oxygens (including phenoxy) is 1. The van der Waals surface area contributed by atoms with Gasteiger partial charge in [0, 0.05) is 11.1 Å². The van der Waals surface area contributed by atoms with Gasteiger partial charge in [-0.1, -0.05) is 54.1 Å². The molecule has 1 aliphatic carbocycles. The van der Waals surface area contributed by atoms with E-state index in [0.717, 1.165) is 25.0 Å². The lowest BCUT2D eigenvalue weighted by molar-refractivity contribution is 0.239. The molecule has 2 aromatic carbocycles. The minimum atomic E-state index is 0.199. The van der Waals surface area contributed by atoms with E-state index in [-0.39, 0.29) is 6.10 Å². The Bertz CT molecular complexity index is 806. The fourth-order valence-corrected chi connectivity index (χ4v) is 3.58. The van der Waals surface area contributed by atoms with Gasteiger partial charge < -0.3 is 4.74 Å². The van der Waals surface area contributed by atoms with Gasteiger partial charge in [-0.3, -0.25) is 0 Å². The van der Waals surface area contributed by atoms with E-state index in [1.54, 1.807) is 0 Å². The number of allylic oxidation sites excluding steroid dienone is 2. The molecule has 1 unspecified atom stereocenters. The number of aryl methyl sites for hydroxylation is 1. The van der Waals surface area contributed by atoms with Crippen molar-refractivity contribution >= 4 is 11.6 Å². The molecule has 1 atom stereocenters. The summed E-state index contributed by atoms with van der Waals surface area (Å²) < 4.78 is 6.46. The maximum Gasteiger partial charge on any atom is 0.130 e. The van der Waals surface area contributed by atoms with E-state index in [0.29, 0.717) is 0 Å². The second-order valence-corrected chi connectivity index (χ2v) is 6.72. The summed E-state index contributed by atoms with van der Waals surface area (Å²) >= 11 is 0. The fourth-order valence-electron chi connectivity index (χ4n) is 3.58. The lowest BCUT2D eigenvalue weighted by Gasteiger charge is -2.33. The van der Waals surface area contributed by atoms with Crippen molar-refractivity contribution in [1.82, 2.24) is 0 Å². The molecule has 0 saturated carbocycles. The van der Waals surface area contributed by atoms with Gasteiger partial charge in [0.25, 0.3) is 0 Å². The average molecular weight is 302 g/mol. The smallest absolute Gasteiger partial charge is 0.130 e. The second-order valence-electron chi connectivity index (χ2n) is 6.72. The molecule has 0 spiro atoms. The molecule has 1 heteroatoms. The molecule has 1 heterocycles. The summed E-state index contributed by atoms with van der Waals surface area (Å²) in [6.07, 6.45) is 7.92. The van der Waals surface area contributed by atoms with Gasteiger partial charge in [0.2, 0.25) is 0 Å². The van der Waals surface area contributed by atoms with Crippen molar-refractivity contribution in [2.75, 3.05) is 0 Å². The number of hydrogen-bond acceptors (Lipinski definition) is 1. The molecule has 2 aromatic rings. The SMILES string of the molecule is CC(C)=CCc1cccc2c1OC1CCc3ccccc3C1=C2. The molecule has 4 rings (SSSR count). The van der Waals surface area contributed by atoms with E-state index in [4.69, 9.17) is 4.74 Å². The minimum Gasteiger partial charge on any atom is -0.485 e. The van der Waals surface area contributed by atoms with Crippen LogP contribution < -0.4 is 4.74 Å². The van der Waals surface area contributed by atoms with E-state index >= 15 is 0 Å². The predicted molar refractivity (Wildman–Crippen MR) is 96.6 cm³/mol. The van der Waals surface area contributed by atoms with Crippen LogP contribution in [0.25, 0.3) is 11.6 Å². The summed E-state index contributed by atoms with van der Waals surface area (Å²) in [5, 5.41) is 0. The Balaban J connectivity index is 1.79. The monoisotopic (exact) mass is 302 g/mol. The molecule has 0 fully saturated rings. The Morgan fingerprint density at radius 2 is 2.00 bits per heavy atom. The molecule has 0 N–H and O–H groups in total. The lowest BCUT2D eigenvalue weighted by atomic mass is 9.83. The summed E-state index contributed by atoms with van der Waals surface area (Å²) in [7, 11) is 0. The highest BCUT2D eigenvalue weighted by molar-refractivity contribution is 5.89. The lowest BCUT2D eigenvalue weighted by Crippen LogP contribution is -2.27. The van der Waals surface area contributed by atoms with Crippen molar-refractivity contribution in [2.24, 2.45) is 0 Å².